The minimum Gasteiger partial charge on any atom is -0.366 e. The maximum absolute atomic E-state index is 12.6. The number of hydrogen-bond donors (Lipinski definition) is 1. The Hall–Kier alpha value is -2.53. The molecule has 4 nitrogen and oxygen atoms in total. The van der Waals surface area contributed by atoms with Crippen LogP contribution >= 0.6 is 11.8 Å². The van der Waals surface area contributed by atoms with Crippen molar-refractivity contribution in [3.05, 3.63) is 63.6 Å². The first kappa shape index (κ1) is 22.7. The van der Waals surface area contributed by atoms with Crippen molar-refractivity contribution in [2.75, 3.05) is 11.4 Å². The number of nitrogens with one attached hydrogen (secondary N) is 1. The Morgan fingerprint density at radius 2 is 1.94 bits per heavy atom. The van der Waals surface area contributed by atoms with Gasteiger partial charge in [-0.05, 0) is 111 Å². The zero-order chi connectivity index (χ0) is 23.0. The summed E-state index contributed by atoms with van der Waals surface area (Å²) in [4.78, 5) is 20.5. The van der Waals surface area contributed by atoms with Gasteiger partial charge < -0.3 is 10.2 Å². The van der Waals surface area contributed by atoms with E-state index < -0.39 is 0 Å². The van der Waals surface area contributed by atoms with Crippen LogP contribution in [0.3, 0.4) is 0 Å². The molecule has 1 atom stereocenters. The first-order valence-electron chi connectivity index (χ1n) is 11.5. The van der Waals surface area contributed by atoms with Gasteiger partial charge in [-0.2, -0.15) is 0 Å². The Morgan fingerprint density at radius 1 is 1.22 bits per heavy atom. The van der Waals surface area contributed by atoms with Gasteiger partial charge in [-0.15, -0.1) is 0 Å². The van der Waals surface area contributed by atoms with E-state index in [1.54, 1.807) is 0 Å². The van der Waals surface area contributed by atoms with E-state index in [-0.39, 0.29) is 11.4 Å². The molecule has 32 heavy (non-hydrogen) atoms. The van der Waals surface area contributed by atoms with Crippen molar-refractivity contribution in [1.29, 1.82) is 0 Å². The first-order chi connectivity index (χ1) is 15.2. The Bertz CT molecular complexity index is 1100. The molecule has 168 valence electrons. The number of nitrogens with zero attached hydrogens (tertiary/aromatic N) is 2. The second-order valence-corrected chi connectivity index (χ2v) is 10.5. The molecule has 1 saturated heterocycles. The van der Waals surface area contributed by atoms with Crippen molar-refractivity contribution in [3.63, 3.8) is 0 Å². The number of hydrogen-bond acceptors (Lipinski definition) is 4. The molecule has 2 aliphatic rings. The smallest absolute Gasteiger partial charge is 0.264 e. The van der Waals surface area contributed by atoms with Crippen LogP contribution in [-0.2, 0) is 11.2 Å². The Morgan fingerprint density at radius 3 is 2.59 bits per heavy atom. The molecule has 2 heterocycles. The van der Waals surface area contributed by atoms with Crippen LogP contribution in [0.5, 0.6) is 0 Å². The molecule has 0 radical (unpaired) electrons. The first-order valence-corrected chi connectivity index (χ1v) is 12.3. The lowest BCUT2D eigenvalue weighted by atomic mass is 9.79. The lowest BCUT2D eigenvalue weighted by molar-refractivity contribution is -0.115. The third kappa shape index (κ3) is 4.36. The Balaban J connectivity index is 1.63. The summed E-state index contributed by atoms with van der Waals surface area (Å²) in [6, 6.07) is 12.7. The highest BCUT2D eigenvalue weighted by molar-refractivity contribution is 8.18. The van der Waals surface area contributed by atoms with Crippen molar-refractivity contribution >= 4 is 40.3 Å². The number of thioether (sulfide) groups is 1. The fourth-order valence-electron chi connectivity index (χ4n) is 4.95. The number of aryl methyl sites for hydroxylation is 2. The molecule has 0 aliphatic carbocycles. The highest BCUT2D eigenvalue weighted by Gasteiger charge is 2.35. The molecule has 0 saturated carbocycles. The van der Waals surface area contributed by atoms with E-state index >= 15 is 0 Å². The molecule has 2 aromatic rings. The van der Waals surface area contributed by atoms with E-state index in [2.05, 4.69) is 81.0 Å². The molecule has 0 aromatic heterocycles. The maximum Gasteiger partial charge on any atom is 0.264 e. The number of amides is 1. The van der Waals surface area contributed by atoms with Crippen molar-refractivity contribution in [2.24, 2.45) is 4.99 Å². The summed E-state index contributed by atoms with van der Waals surface area (Å²) in [5.41, 5.74) is 7.28. The van der Waals surface area contributed by atoms with Crippen molar-refractivity contribution < 1.29 is 4.79 Å². The quantitative estimate of drug-likeness (QED) is 0.540. The molecule has 1 N–H and O–H groups in total. The van der Waals surface area contributed by atoms with Crippen LogP contribution in [0.15, 0.2) is 46.3 Å². The van der Waals surface area contributed by atoms with E-state index in [4.69, 9.17) is 0 Å². The van der Waals surface area contributed by atoms with E-state index in [0.29, 0.717) is 16.0 Å². The largest absolute Gasteiger partial charge is 0.366 e. The van der Waals surface area contributed by atoms with Gasteiger partial charge in [0.15, 0.2) is 5.17 Å². The predicted molar refractivity (Wildman–Crippen MR) is 138 cm³/mol. The highest BCUT2D eigenvalue weighted by Crippen LogP contribution is 2.44. The monoisotopic (exact) mass is 447 g/mol. The molecule has 1 fully saturated rings. The van der Waals surface area contributed by atoms with Gasteiger partial charge in [-0.25, -0.2) is 4.99 Å². The summed E-state index contributed by atoms with van der Waals surface area (Å²) < 4.78 is 0. The van der Waals surface area contributed by atoms with Crippen molar-refractivity contribution in [2.45, 2.75) is 65.8 Å². The number of anilines is 1. The Labute approximate surface area is 196 Å². The topological polar surface area (TPSA) is 44.7 Å². The van der Waals surface area contributed by atoms with E-state index in [9.17, 15) is 4.79 Å². The number of aliphatic imine (C=N–C) groups is 1. The number of carbonyl (C=O) groups excluding carboxylic acids is 1. The molecule has 0 bridgehead atoms. The standard InChI is InChI=1S/C27H33N3OS/c1-7-19-9-11-21(12-10-19)28-26-29-25(31)24(32-26)15-20-14-22-18(4)16-27(5,6)30(8-2)23(22)13-17(20)3/h9-15,18H,7-8,16H2,1-6H3,(H,28,29,31)/b24-15-/t18-/m0/s1. The molecule has 1 amide bonds. The number of amidine groups is 1. The van der Waals surface area contributed by atoms with Crippen LogP contribution in [0.25, 0.3) is 6.08 Å². The van der Waals surface area contributed by atoms with Gasteiger partial charge in [0.1, 0.15) is 0 Å². The summed E-state index contributed by atoms with van der Waals surface area (Å²) in [5, 5.41) is 3.55. The highest BCUT2D eigenvalue weighted by atomic mass is 32.2. The molecule has 4 rings (SSSR count). The van der Waals surface area contributed by atoms with Gasteiger partial charge in [0.2, 0.25) is 0 Å². The third-order valence-corrected chi connectivity index (χ3v) is 7.51. The lowest BCUT2D eigenvalue weighted by Crippen LogP contribution is -2.48. The number of rotatable bonds is 4. The summed E-state index contributed by atoms with van der Waals surface area (Å²) in [7, 11) is 0. The molecule has 0 spiro atoms. The molecular formula is C27H33N3OS. The second kappa shape index (κ2) is 8.78. The fraction of sp³-hybridized carbons (Fsp3) is 0.407. The molecule has 2 aliphatic heterocycles. The minimum atomic E-state index is -0.0829. The van der Waals surface area contributed by atoms with Crippen LogP contribution < -0.4 is 10.2 Å². The zero-order valence-corrected chi connectivity index (χ0v) is 20.8. The summed E-state index contributed by atoms with van der Waals surface area (Å²) in [6.07, 6.45) is 4.14. The second-order valence-electron chi connectivity index (χ2n) is 9.43. The lowest BCUT2D eigenvalue weighted by Gasteiger charge is -2.47. The average molecular weight is 448 g/mol. The van der Waals surface area contributed by atoms with Crippen molar-refractivity contribution in [3.8, 4) is 0 Å². The number of benzene rings is 2. The van der Waals surface area contributed by atoms with Gasteiger partial charge >= 0.3 is 0 Å². The van der Waals surface area contributed by atoms with Crippen LogP contribution in [0, 0.1) is 6.92 Å². The van der Waals surface area contributed by atoms with Gasteiger partial charge in [0.25, 0.3) is 5.91 Å². The zero-order valence-electron chi connectivity index (χ0n) is 20.0. The summed E-state index contributed by atoms with van der Waals surface area (Å²) in [6.45, 7) is 14.5. The van der Waals surface area contributed by atoms with E-state index in [1.807, 2.05) is 18.2 Å². The van der Waals surface area contributed by atoms with E-state index in [1.165, 1.54) is 34.1 Å². The molecule has 5 heteroatoms. The predicted octanol–water partition coefficient (Wildman–Crippen LogP) is 6.56. The van der Waals surface area contributed by atoms with Gasteiger partial charge in [0.05, 0.1) is 10.6 Å². The SMILES string of the molecule is CCc1ccc(N=C2NC(=O)/C(=C/c3cc4c(cc3C)N(CC)C(C)(C)C[C@@H]4C)S2)cc1. The third-order valence-electron chi connectivity index (χ3n) is 6.60. The van der Waals surface area contributed by atoms with Crippen LogP contribution in [0.1, 0.15) is 69.2 Å². The van der Waals surface area contributed by atoms with Crippen LogP contribution in [0.2, 0.25) is 0 Å². The summed E-state index contributed by atoms with van der Waals surface area (Å²) in [5.74, 6) is 0.397. The normalized spacial score (nSPS) is 22.4. The van der Waals surface area contributed by atoms with Gasteiger partial charge in [-0.1, -0.05) is 26.0 Å². The van der Waals surface area contributed by atoms with Crippen LogP contribution in [-0.4, -0.2) is 23.2 Å². The number of fused-ring (bicyclic) bond motifs is 1. The van der Waals surface area contributed by atoms with Crippen molar-refractivity contribution in [1.82, 2.24) is 5.32 Å². The molecular weight excluding hydrogens is 414 g/mol. The number of carbonyl (C=O) groups is 1. The minimum absolute atomic E-state index is 0.0829. The fourth-order valence-corrected chi connectivity index (χ4v) is 5.78. The average Bonchev–Trinajstić information content (AvgIpc) is 3.08. The van der Waals surface area contributed by atoms with Gasteiger partial charge in [-0.3, -0.25) is 4.79 Å². The van der Waals surface area contributed by atoms with Gasteiger partial charge in [0, 0.05) is 17.8 Å². The maximum atomic E-state index is 12.6. The van der Waals surface area contributed by atoms with Crippen LogP contribution in [0.4, 0.5) is 11.4 Å². The Kier molecular flexibility index (Phi) is 6.22. The molecule has 0 unspecified atom stereocenters. The molecule has 2 aromatic carbocycles. The summed E-state index contributed by atoms with van der Waals surface area (Å²) >= 11 is 1.41. The van der Waals surface area contributed by atoms with E-state index in [0.717, 1.165) is 30.6 Å².